The first kappa shape index (κ1) is 22.3. The van der Waals surface area contributed by atoms with Gasteiger partial charge in [-0.05, 0) is 37.7 Å². The molecule has 1 saturated heterocycles. The number of methoxy groups -OCH3 is 1. The first-order chi connectivity index (χ1) is 16.2. The molecule has 3 aromatic heterocycles. The van der Waals surface area contributed by atoms with E-state index in [2.05, 4.69) is 25.7 Å². The van der Waals surface area contributed by atoms with Crippen LogP contribution in [0, 0.1) is 0 Å². The number of rotatable bonds is 6. The topological polar surface area (TPSA) is 85.4 Å². The van der Waals surface area contributed by atoms with E-state index in [4.69, 9.17) is 4.74 Å². The van der Waals surface area contributed by atoms with Crippen LogP contribution in [-0.4, -0.2) is 80.1 Å². The van der Waals surface area contributed by atoms with E-state index in [0.717, 1.165) is 0 Å². The Labute approximate surface area is 191 Å². The molecule has 0 amide bonds. The zero-order chi connectivity index (χ0) is 24.2. The number of benzene rings is 1. The molecule has 180 valence electrons. The van der Waals surface area contributed by atoms with Crippen molar-refractivity contribution in [3.63, 3.8) is 0 Å². The number of hydrogen-bond donors (Lipinski definition) is 1. The molecule has 4 aromatic rings. The predicted octanol–water partition coefficient (Wildman–Crippen LogP) is 3.34. The number of likely N-dealkylation sites (tertiary alicyclic amines) is 1. The number of hydrogen-bond acceptors (Lipinski definition) is 7. The summed E-state index contributed by atoms with van der Waals surface area (Å²) in [6.07, 6.45) is -0.948. The van der Waals surface area contributed by atoms with Crippen molar-refractivity contribution < 1.29 is 22.3 Å². The van der Waals surface area contributed by atoms with Crippen molar-refractivity contribution in [2.45, 2.75) is 31.4 Å². The van der Waals surface area contributed by atoms with E-state index in [1.54, 1.807) is 37.5 Å². The molecule has 0 bridgehead atoms. The van der Waals surface area contributed by atoms with Gasteiger partial charge in [-0.15, -0.1) is 10.2 Å². The van der Waals surface area contributed by atoms with Gasteiger partial charge in [-0.1, -0.05) is 11.3 Å². The molecule has 1 aliphatic rings. The minimum Gasteiger partial charge on any atom is -0.479 e. The molecule has 0 spiro atoms. The molecule has 1 N–H and O–H groups in total. The number of likely N-dealkylation sites (N-methyl/N-ethyl adjacent to an activating group) is 1. The average molecular weight is 478 g/mol. The lowest BCUT2D eigenvalue weighted by Crippen LogP contribution is -2.38. The van der Waals surface area contributed by atoms with Crippen molar-refractivity contribution in [1.29, 1.82) is 0 Å². The van der Waals surface area contributed by atoms with Crippen molar-refractivity contribution in [2.75, 3.05) is 32.6 Å². The van der Waals surface area contributed by atoms with Crippen LogP contribution in [0.15, 0.2) is 30.5 Å². The molecule has 9 nitrogen and oxygen atoms in total. The Balaban J connectivity index is 1.55. The van der Waals surface area contributed by atoms with Crippen LogP contribution < -0.4 is 10.1 Å². The highest BCUT2D eigenvalue weighted by Crippen LogP contribution is 2.34. The summed E-state index contributed by atoms with van der Waals surface area (Å²) in [6.45, 7) is 1.17. The summed E-state index contributed by atoms with van der Waals surface area (Å²) in [5.74, 6) is -2.74. The molecule has 0 radical (unpaired) electrons. The van der Waals surface area contributed by atoms with Gasteiger partial charge in [0.05, 0.1) is 19.2 Å². The quantitative estimate of drug-likeness (QED) is 0.426. The Morgan fingerprint density at radius 2 is 2.03 bits per heavy atom. The summed E-state index contributed by atoms with van der Waals surface area (Å²) in [5, 5.41) is 14.9. The van der Waals surface area contributed by atoms with Crippen LogP contribution in [0.3, 0.4) is 0 Å². The zero-order valence-electron chi connectivity index (χ0n) is 18.6. The molecule has 13 heteroatoms. The molecular weight excluding hydrogens is 456 g/mol. The number of nitrogens with one attached hydrogen (secondary N) is 1. The second kappa shape index (κ2) is 8.08. The lowest BCUT2D eigenvalue weighted by atomic mass is 10.1. The number of fused-ring (bicyclic) bond motifs is 2. The summed E-state index contributed by atoms with van der Waals surface area (Å²) < 4.78 is 63.2. The van der Waals surface area contributed by atoms with E-state index in [0.29, 0.717) is 27.7 Å². The van der Waals surface area contributed by atoms with Crippen molar-refractivity contribution >= 4 is 22.5 Å². The maximum Gasteiger partial charge on any atom is 0.281 e. The van der Waals surface area contributed by atoms with E-state index in [1.165, 1.54) is 28.1 Å². The van der Waals surface area contributed by atoms with Crippen LogP contribution in [0.5, 0.6) is 5.88 Å². The largest absolute Gasteiger partial charge is 0.479 e. The highest BCUT2D eigenvalue weighted by molar-refractivity contribution is 5.89. The minimum absolute atomic E-state index is 0.00922. The first-order valence-corrected chi connectivity index (χ1v) is 10.6. The summed E-state index contributed by atoms with van der Waals surface area (Å²) >= 11 is 0. The third kappa shape index (κ3) is 3.69. The number of alkyl halides is 4. The number of aromatic nitrogens is 6. The smallest absolute Gasteiger partial charge is 0.281 e. The maximum absolute atomic E-state index is 14.3. The molecule has 34 heavy (non-hydrogen) atoms. The second-order valence-electron chi connectivity index (χ2n) is 8.43. The van der Waals surface area contributed by atoms with E-state index < -0.39 is 24.4 Å². The van der Waals surface area contributed by atoms with Crippen LogP contribution in [0.25, 0.3) is 27.7 Å². The predicted molar refractivity (Wildman–Crippen MR) is 117 cm³/mol. The standard InChI is InChI=1S/C21H22F4N8O/c1-11(18(22)23)33-15-8-12(4-5-14(15)28-30-33)13-6-7-32-17(13)19(34-3)27-20(29-32)26-16-9-31(2)10-21(16,24)25/h4-8,11,16,18H,9-10H2,1-3H3,(H,26,29)/t11-,16+/m0/s1. The van der Waals surface area contributed by atoms with Gasteiger partial charge < -0.3 is 10.1 Å². The van der Waals surface area contributed by atoms with Crippen molar-refractivity contribution in [1.82, 2.24) is 34.5 Å². The summed E-state index contributed by atoms with van der Waals surface area (Å²) in [6, 6.07) is 4.67. The zero-order valence-corrected chi connectivity index (χ0v) is 18.6. The van der Waals surface area contributed by atoms with Gasteiger partial charge in [0.2, 0.25) is 11.8 Å². The minimum atomic E-state index is -2.93. The molecular formula is C21H22F4N8O. The second-order valence-corrected chi connectivity index (χ2v) is 8.43. The van der Waals surface area contributed by atoms with Gasteiger partial charge in [-0.25, -0.2) is 26.8 Å². The fraction of sp³-hybridized carbons (Fsp3) is 0.429. The number of halogens is 4. The van der Waals surface area contributed by atoms with Gasteiger partial charge in [0.15, 0.2) is 0 Å². The Hall–Kier alpha value is -3.48. The fourth-order valence-electron chi connectivity index (χ4n) is 4.23. The summed E-state index contributed by atoms with van der Waals surface area (Å²) in [7, 11) is 3.05. The Kier molecular flexibility index (Phi) is 5.30. The van der Waals surface area contributed by atoms with E-state index in [9.17, 15) is 17.6 Å². The maximum atomic E-state index is 14.3. The summed E-state index contributed by atoms with van der Waals surface area (Å²) in [5.41, 5.74) is 2.80. The highest BCUT2D eigenvalue weighted by atomic mass is 19.3. The molecule has 1 aliphatic heterocycles. The Morgan fingerprint density at radius 1 is 1.24 bits per heavy atom. The van der Waals surface area contributed by atoms with E-state index >= 15 is 0 Å². The van der Waals surface area contributed by atoms with Crippen molar-refractivity contribution in [3.05, 3.63) is 30.5 Å². The van der Waals surface area contributed by atoms with Crippen LogP contribution in [-0.2, 0) is 0 Å². The van der Waals surface area contributed by atoms with Gasteiger partial charge in [0.25, 0.3) is 12.3 Å². The Bertz CT molecular complexity index is 1350. The number of nitrogens with zero attached hydrogens (tertiary/aromatic N) is 7. The van der Waals surface area contributed by atoms with E-state index in [1.807, 2.05) is 0 Å². The van der Waals surface area contributed by atoms with Gasteiger partial charge in [0.1, 0.15) is 23.1 Å². The fourth-order valence-corrected chi connectivity index (χ4v) is 4.23. The summed E-state index contributed by atoms with van der Waals surface area (Å²) in [4.78, 5) is 5.84. The van der Waals surface area contributed by atoms with Gasteiger partial charge in [-0.3, -0.25) is 4.90 Å². The van der Waals surface area contributed by atoms with Gasteiger partial charge >= 0.3 is 0 Å². The molecule has 2 atom stereocenters. The Morgan fingerprint density at radius 3 is 2.71 bits per heavy atom. The van der Waals surface area contributed by atoms with Gasteiger partial charge in [-0.2, -0.15) is 4.98 Å². The van der Waals surface area contributed by atoms with Crippen LogP contribution in [0.2, 0.25) is 0 Å². The monoisotopic (exact) mass is 478 g/mol. The van der Waals surface area contributed by atoms with Crippen molar-refractivity contribution in [2.24, 2.45) is 0 Å². The van der Waals surface area contributed by atoms with Crippen LogP contribution in [0.4, 0.5) is 23.5 Å². The molecule has 1 aromatic carbocycles. The SMILES string of the molecule is COc1nc(N[C@@H]2CN(C)CC2(F)F)nn2ccc(-c3ccc4nnn([C@@H](C)C(F)F)c4c3)c12. The molecule has 0 saturated carbocycles. The van der Waals surface area contributed by atoms with Crippen molar-refractivity contribution in [3.8, 4) is 17.0 Å². The molecule has 0 unspecified atom stereocenters. The molecule has 4 heterocycles. The third-order valence-corrected chi connectivity index (χ3v) is 5.99. The lowest BCUT2D eigenvalue weighted by Gasteiger charge is -2.19. The number of anilines is 1. The van der Waals surface area contributed by atoms with Crippen LogP contribution in [0.1, 0.15) is 13.0 Å². The van der Waals surface area contributed by atoms with E-state index in [-0.39, 0.29) is 24.9 Å². The number of ether oxygens (including phenoxy) is 1. The van der Waals surface area contributed by atoms with Gasteiger partial charge in [0, 0.05) is 18.3 Å². The highest BCUT2D eigenvalue weighted by Gasteiger charge is 2.47. The first-order valence-electron chi connectivity index (χ1n) is 10.6. The molecule has 1 fully saturated rings. The third-order valence-electron chi connectivity index (χ3n) is 5.99. The van der Waals surface area contributed by atoms with Crippen LogP contribution >= 0.6 is 0 Å². The normalized spacial score (nSPS) is 19.4. The average Bonchev–Trinajstić information content (AvgIpc) is 3.47. The molecule has 5 rings (SSSR count). The molecule has 0 aliphatic carbocycles. The lowest BCUT2D eigenvalue weighted by molar-refractivity contribution is 0.00582.